The summed E-state index contributed by atoms with van der Waals surface area (Å²) in [7, 11) is 3.77. The Balaban J connectivity index is 2.10. The monoisotopic (exact) mass is 325 g/mol. The molecule has 2 aromatic carbocycles. The minimum absolute atomic E-state index is 0.519. The largest absolute Gasteiger partial charge is 0.455 e. The summed E-state index contributed by atoms with van der Waals surface area (Å²) >= 11 is 0. The first-order valence-electron chi connectivity index (χ1n) is 7.72. The number of H-pyrrole nitrogens is 2. The maximum Gasteiger partial charge on any atom is 0.314 e. The average Bonchev–Trinajstić information content (AvgIpc) is 2.56. The molecule has 6 nitrogen and oxygen atoms in total. The van der Waals surface area contributed by atoms with Crippen molar-refractivity contribution < 1.29 is 4.74 Å². The molecule has 0 aliphatic rings. The zero-order chi connectivity index (χ0) is 17.3. The molecule has 0 aliphatic heterocycles. The van der Waals surface area contributed by atoms with Crippen LogP contribution < -0.4 is 20.8 Å². The van der Waals surface area contributed by atoms with Crippen LogP contribution in [0.3, 0.4) is 0 Å². The molecule has 0 saturated heterocycles. The molecule has 24 heavy (non-hydrogen) atoms. The lowest BCUT2D eigenvalue weighted by atomic mass is 10.2. The van der Waals surface area contributed by atoms with Gasteiger partial charge in [-0.1, -0.05) is 19.1 Å². The van der Waals surface area contributed by atoms with Crippen LogP contribution in [0.2, 0.25) is 0 Å². The van der Waals surface area contributed by atoms with Gasteiger partial charge in [-0.3, -0.25) is 9.59 Å². The predicted octanol–water partition coefficient (Wildman–Crippen LogP) is 2.64. The van der Waals surface area contributed by atoms with Crippen molar-refractivity contribution in [2.45, 2.75) is 13.3 Å². The summed E-state index contributed by atoms with van der Waals surface area (Å²) in [6, 6.07) is 11.4. The summed E-state index contributed by atoms with van der Waals surface area (Å²) in [4.78, 5) is 30.1. The molecule has 0 amide bonds. The average molecular weight is 325 g/mol. The topological polar surface area (TPSA) is 78.2 Å². The minimum Gasteiger partial charge on any atom is -0.455 e. The van der Waals surface area contributed by atoms with Crippen LogP contribution in [0.15, 0.2) is 46.0 Å². The van der Waals surface area contributed by atoms with Crippen molar-refractivity contribution in [2.24, 2.45) is 0 Å². The predicted molar refractivity (Wildman–Crippen MR) is 95.4 cm³/mol. The Morgan fingerprint density at radius 3 is 2.08 bits per heavy atom. The summed E-state index contributed by atoms with van der Waals surface area (Å²) in [6.07, 6.45) is 0.966. The van der Waals surface area contributed by atoms with E-state index in [0.29, 0.717) is 22.5 Å². The van der Waals surface area contributed by atoms with Crippen LogP contribution in [-0.4, -0.2) is 24.1 Å². The number of nitrogens with one attached hydrogen (secondary N) is 2. The smallest absolute Gasteiger partial charge is 0.314 e. The minimum atomic E-state index is -0.682. The highest BCUT2D eigenvalue weighted by Gasteiger charge is 2.11. The first-order chi connectivity index (χ1) is 11.5. The van der Waals surface area contributed by atoms with Gasteiger partial charge in [0.05, 0.1) is 16.7 Å². The maximum absolute atomic E-state index is 11.5. The van der Waals surface area contributed by atoms with Crippen LogP contribution in [-0.2, 0) is 6.42 Å². The van der Waals surface area contributed by atoms with E-state index in [1.807, 2.05) is 43.3 Å². The Labute approximate surface area is 138 Å². The number of hydrogen-bond acceptors (Lipinski definition) is 4. The first kappa shape index (κ1) is 15.9. The van der Waals surface area contributed by atoms with Crippen molar-refractivity contribution >= 4 is 16.7 Å². The Morgan fingerprint density at radius 1 is 0.958 bits per heavy atom. The third-order valence-corrected chi connectivity index (χ3v) is 3.84. The van der Waals surface area contributed by atoms with Gasteiger partial charge in [0, 0.05) is 20.2 Å². The van der Waals surface area contributed by atoms with Crippen LogP contribution in [0.1, 0.15) is 12.5 Å². The van der Waals surface area contributed by atoms with E-state index in [-0.39, 0.29) is 0 Å². The highest BCUT2D eigenvalue weighted by atomic mass is 16.5. The van der Waals surface area contributed by atoms with E-state index in [4.69, 9.17) is 4.74 Å². The molecule has 1 heterocycles. The van der Waals surface area contributed by atoms with Gasteiger partial charge in [0.2, 0.25) is 0 Å². The van der Waals surface area contributed by atoms with Gasteiger partial charge in [-0.25, -0.2) is 0 Å². The lowest BCUT2D eigenvalue weighted by molar-refractivity contribution is 0.483. The van der Waals surface area contributed by atoms with Gasteiger partial charge in [-0.2, -0.15) is 0 Å². The van der Waals surface area contributed by atoms with Crippen molar-refractivity contribution in [3.8, 4) is 11.5 Å². The lowest BCUT2D eigenvalue weighted by Gasteiger charge is -2.18. The molecule has 6 heteroatoms. The molecule has 0 saturated carbocycles. The Kier molecular flexibility index (Phi) is 4.12. The molecule has 3 aromatic rings. The lowest BCUT2D eigenvalue weighted by Crippen LogP contribution is -2.29. The SMILES string of the molecule is CCc1ccc(Oc2cc3[nH]c(=O)c(=O)[nH]c3cc2N(C)C)cc1. The fraction of sp³-hybridized carbons (Fsp3) is 0.222. The van der Waals surface area contributed by atoms with Crippen LogP contribution >= 0.6 is 0 Å². The van der Waals surface area contributed by atoms with E-state index in [0.717, 1.165) is 12.1 Å². The molecule has 0 atom stereocenters. The number of aromatic nitrogens is 2. The number of aryl methyl sites for hydroxylation is 1. The summed E-state index contributed by atoms with van der Waals surface area (Å²) in [6.45, 7) is 2.10. The van der Waals surface area contributed by atoms with Crippen LogP contribution in [0.4, 0.5) is 5.69 Å². The Hall–Kier alpha value is -3.02. The molecule has 1 aromatic heterocycles. The molecular weight excluding hydrogens is 306 g/mol. The van der Waals surface area contributed by atoms with E-state index in [2.05, 4.69) is 16.9 Å². The van der Waals surface area contributed by atoms with Gasteiger partial charge >= 0.3 is 11.1 Å². The van der Waals surface area contributed by atoms with Gasteiger partial charge in [0.15, 0.2) is 5.75 Å². The second kappa shape index (κ2) is 6.23. The molecule has 0 bridgehead atoms. The Bertz CT molecular complexity index is 985. The van der Waals surface area contributed by atoms with Crippen molar-refractivity contribution in [2.75, 3.05) is 19.0 Å². The van der Waals surface area contributed by atoms with Crippen molar-refractivity contribution in [1.29, 1.82) is 0 Å². The highest BCUT2D eigenvalue weighted by molar-refractivity contribution is 5.82. The highest BCUT2D eigenvalue weighted by Crippen LogP contribution is 2.34. The number of rotatable bonds is 4. The molecular formula is C18H19N3O3. The number of aromatic amines is 2. The summed E-state index contributed by atoms with van der Waals surface area (Å²) in [5.74, 6) is 1.31. The molecule has 0 aliphatic carbocycles. The molecule has 124 valence electrons. The van der Waals surface area contributed by atoms with Gasteiger partial charge < -0.3 is 19.6 Å². The van der Waals surface area contributed by atoms with Gasteiger partial charge in [0.25, 0.3) is 0 Å². The van der Waals surface area contributed by atoms with Gasteiger partial charge in [-0.15, -0.1) is 0 Å². The molecule has 0 spiro atoms. The van der Waals surface area contributed by atoms with Crippen LogP contribution in [0.25, 0.3) is 11.0 Å². The molecule has 2 N–H and O–H groups in total. The number of nitrogens with zero attached hydrogens (tertiary/aromatic N) is 1. The van der Waals surface area contributed by atoms with E-state index in [1.165, 1.54) is 5.56 Å². The van der Waals surface area contributed by atoms with E-state index >= 15 is 0 Å². The van der Waals surface area contributed by atoms with E-state index in [1.54, 1.807) is 12.1 Å². The third kappa shape index (κ3) is 3.03. The Morgan fingerprint density at radius 2 is 1.54 bits per heavy atom. The number of benzene rings is 2. The maximum atomic E-state index is 11.5. The van der Waals surface area contributed by atoms with E-state index in [9.17, 15) is 9.59 Å². The van der Waals surface area contributed by atoms with Crippen molar-refractivity contribution in [3.05, 3.63) is 62.7 Å². The van der Waals surface area contributed by atoms with Crippen molar-refractivity contribution in [1.82, 2.24) is 9.97 Å². The zero-order valence-electron chi connectivity index (χ0n) is 13.8. The normalized spacial score (nSPS) is 10.8. The molecule has 3 rings (SSSR count). The quantitative estimate of drug-likeness (QED) is 0.723. The van der Waals surface area contributed by atoms with E-state index < -0.39 is 11.1 Å². The standard InChI is InChI=1S/C18H19N3O3/c1-4-11-5-7-12(8-6-11)24-16-10-14-13(9-15(16)21(2)3)19-17(22)18(23)20-14/h5-10H,4H2,1-3H3,(H,19,22)(H,20,23). The molecule has 0 fully saturated rings. The zero-order valence-corrected chi connectivity index (χ0v) is 13.8. The van der Waals surface area contributed by atoms with Gasteiger partial charge in [0.1, 0.15) is 5.75 Å². The second-order valence-corrected chi connectivity index (χ2v) is 5.77. The molecule has 0 radical (unpaired) electrons. The van der Waals surface area contributed by atoms with Crippen LogP contribution in [0.5, 0.6) is 11.5 Å². The fourth-order valence-electron chi connectivity index (χ4n) is 2.48. The second-order valence-electron chi connectivity index (χ2n) is 5.77. The summed E-state index contributed by atoms with van der Waals surface area (Å²) < 4.78 is 5.99. The number of anilines is 1. The number of ether oxygens (including phenoxy) is 1. The third-order valence-electron chi connectivity index (χ3n) is 3.84. The van der Waals surface area contributed by atoms with Crippen molar-refractivity contribution in [3.63, 3.8) is 0 Å². The first-order valence-corrected chi connectivity index (χ1v) is 7.72. The summed E-state index contributed by atoms with van der Waals surface area (Å²) in [5.41, 5.74) is 1.75. The number of fused-ring (bicyclic) bond motifs is 1. The molecule has 0 unspecified atom stereocenters. The van der Waals surface area contributed by atoms with Crippen LogP contribution in [0, 0.1) is 0 Å². The van der Waals surface area contributed by atoms with Gasteiger partial charge in [-0.05, 0) is 30.2 Å². The fourth-order valence-corrected chi connectivity index (χ4v) is 2.48. The number of hydrogen-bond donors (Lipinski definition) is 2. The summed E-state index contributed by atoms with van der Waals surface area (Å²) in [5, 5.41) is 0.